The lowest BCUT2D eigenvalue weighted by atomic mass is 10.1. The maximum atomic E-state index is 8.62. The third-order valence-electron chi connectivity index (χ3n) is 3.20. The van der Waals surface area contributed by atoms with Gasteiger partial charge in [-0.05, 0) is 30.5 Å². The van der Waals surface area contributed by atoms with E-state index in [1.807, 2.05) is 41.8 Å². The number of nitrogens with one attached hydrogen (secondary N) is 1. The molecule has 0 radical (unpaired) electrons. The molecule has 0 spiro atoms. The second-order valence-electron chi connectivity index (χ2n) is 4.82. The molecule has 2 aromatic rings. The van der Waals surface area contributed by atoms with Crippen LogP contribution in [-0.4, -0.2) is 4.98 Å². The molecule has 0 bridgehead atoms. The molecule has 1 aromatic heterocycles. The average Bonchev–Trinajstić information content (AvgIpc) is 3.18. The van der Waals surface area contributed by atoms with E-state index in [4.69, 9.17) is 5.26 Å². The predicted molar refractivity (Wildman–Crippen MR) is 77.2 cm³/mol. The highest BCUT2D eigenvalue weighted by Gasteiger charge is 2.26. The first-order chi connectivity index (χ1) is 9.35. The number of benzene rings is 1. The maximum absolute atomic E-state index is 8.62. The zero-order valence-corrected chi connectivity index (χ0v) is 11.4. The van der Waals surface area contributed by atoms with Gasteiger partial charge in [0, 0.05) is 22.7 Å². The molecule has 0 unspecified atom stereocenters. The van der Waals surface area contributed by atoms with Crippen molar-refractivity contribution < 1.29 is 0 Å². The van der Waals surface area contributed by atoms with Crippen molar-refractivity contribution in [2.45, 2.75) is 31.7 Å². The van der Waals surface area contributed by atoms with Crippen molar-refractivity contribution in [2.75, 3.05) is 5.32 Å². The Hall–Kier alpha value is -1.86. The molecule has 0 aliphatic heterocycles. The molecule has 3 nitrogen and oxygen atoms in total. The molecule has 96 valence electrons. The number of hydrogen-bond donors (Lipinski definition) is 1. The first-order valence-electron chi connectivity index (χ1n) is 6.49. The topological polar surface area (TPSA) is 48.7 Å². The number of hydrogen-bond acceptors (Lipinski definition) is 4. The van der Waals surface area contributed by atoms with Gasteiger partial charge in [0.1, 0.15) is 0 Å². The zero-order valence-electron chi connectivity index (χ0n) is 10.6. The normalized spacial score (nSPS) is 14.1. The number of nitriles is 1. The van der Waals surface area contributed by atoms with Gasteiger partial charge in [-0.3, -0.25) is 0 Å². The Bertz CT molecular complexity index is 591. The molecule has 0 atom stereocenters. The van der Waals surface area contributed by atoms with Gasteiger partial charge in [-0.1, -0.05) is 12.1 Å². The summed E-state index contributed by atoms with van der Waals surface area (Å²) in [4.78, 5) is 5.75. The van der Waals surface area contributed by atoms with E-state index in [2.05, 4.69) is 16.4 Å². The Morgan fingerprint density at radius 1 is 1.32 bits per heavy atom. The fourth-order valence-electron chi connectivity index (χ4n) is 1.94. The number of thiazole rings is 1. The highest BCUT2D eigenvalue weighted by molar-refractivity contribution is 7.11. The van der Waals surface area contributed by atoms with Gasteiger partial charge in [0.05, 0.1) is 24.0 Å². The molecule has 1 fully saturated rings. The third kappa shape index (κ3) is 3.12. The van der Waals surface area contributed by atoms with Gasteiger partial charge in [-0.25, -0.2) is 4.98 Å². The van der Waals surface area contributed by atoms with Gasteiger partial charge < -0.3 is 5.32 Å². The summed E-state index contributed by atoms with van der Waals surface area (Å²) in [5.74, 6) is 0.740. The van der Waals surface area contributed by atoms with Crippen molar-refractivity contribution in [3.05, 3.63) is 45.9 Å². The molecule has 0 amide bonds. The van der Waals surface area contributed by atoms with E-state index in [-0.39, 0.29) is 0 Å². The Morgan fingerprint density at radius 3 is 2.79 bits per heavy atom. The first kappa shape index (κ1) is 12.2. The summed E-state index contributed by atoms with van der Waals surface area (Å²) in [6, 6.07) is 10.2. The highest BCUT2D eigenvalue weighted by Crippen LogP contribution is 2.41. The lowest BCUT2D eigenvalue weighted by molar-refractivity contribution is 1.08. The van der Waals surface area contributed by atoms with E-state index < -0.39 is 0 Å². The van der Waals surface area contributed by atoms with E-state index in [1.165, 1.54) is 22.7 Å². The molecular weight excluding hydrogens is 254 g/mol. The molecule has 4 heteroatoms. The molecular formula is C15H15N3S. The third-order valence-corrected chi connectivity index (χ3v) is 4.36. The fraction of sp³-hybridized carbons (Fsp3) is 0.333. The van der Waals surface area contributed by atoms with Gasteiger partial charge in [-0.15, -0.1) is 11.3 Å². The standard InChI is InChI=1S/C15H15N3S/c16-8-7-11-1-5-13(6-2-11)17-9-14-10-18-15(19-14)12-3-4-12/h1-2,5-6,10,12,17H,3-4,7,9H2. The van der Waals surface area contributed by atoms with Crippen LogP contribution in [0, 0.1) is 11.3 Å². The largest absolute Gasteiger partial charge is 0.380 e. The minimum absolute atomic E-state index is 0.472. The lowest BCUT2D eigenvalue weighted by Gasteiger charge is -2.04. The van der Waals surface area contributed by atoms with Crippen LogP contribution >= 0.6 is 11.3 Å². The number of aromatic nitrogens is 1. The van der Waals surface area contributed by atoms with Crippen molar-refractivity contribution >= 4 is 17.0 Å². The Morgan fingerprint density at radius 2 is 2.11 bits per heavy atom. The molecule has 1 heterocycles. The van der Waals surface area contributed by atoms with Crippen LogP contribution in [0.15, 0.2) is 30.5 Å². The Kier molecular flexibility index (Phi) is 3.47. The second-order valence-corrected chi connectivity index (χ2v) is 5.97. The smallest absolute Gasteiger partial charge is 0.0959 e. The van der Waals surface area contributed by atoms with Gasteiger partial charge in [0.25, 0.3) is 0 Å². The van der Waals surface area contributed by atoms with Crippen molar-refractivity contribution in [1.82, 2.24) is 4.98 Å². The molecule has 3 rings (SSSR count). The van der Waals surface area contributed by atoms with Crippen LogP contribution < -0.4 is 5.32 Å². The van der Waals surface area contributed by atoms with Crippen LogP contribution in [0.4, 0.5) is 5.69 Å². The molecule has 1 N–H and O–H groups in total. The quantitative estimate of drug-likeness (QED) is 0.900. The van der Waals surface area contributed by atoms with Crippen LogP contribution in [0.3, 0.4) is 0 Å². The SMILES string of the molecule is N#CCc1ccc(NCc2cnc(C3CC3)s2)cc1. The maximum Gasteiger partial charge on any atom is 0.0959 e. The second kappa shape index (κ2) is 5.41. The Balaban J connectivity index is 1.57. The molecule has 19 heavy (non-hydrogen) atoms. The van der Waals surface area contributed by atoms with Crippen molar-refractivity contribution in [3.8, 4) is 6.07 Å². The summed E-state index contributed by atoms with van der Waals surface area (Å²) in [7, 11) is 0. The summed E-state index contributed by atoms with van der Waals surface area (Å²) in [5, 5.41) is 13.3. The van der Waals surface area contributed by atoms with Crippen molar-refractivity contribution in [3.63, 3.8) is 0 Å². The van der Waals surface area contributed by atoms with Gasteiger partial charge in [0.2, 0.25) is 0 Å². The first-order valence-corrected chi connectivity index (χ1v) is 7.31. The van der Waals surface area contributed by atoms with Gasteiger partial charge >= 0.3 is 0 Å². The molecule has 0 saturated heterocycles. The molecule has 1 aliphatic carbocycles. The number of anilines is 1. The summed E-state index contributed by atoms with van der Waals surface area (Å²) < 4.78 is 0. The fourth-order valence-corrected chi connectivity index (χ4v) is 2.97. The minimum atomic E-state index is 0.472. The van der Waals surface area contributed by atoms with Crippen LogP contribution in [0.1, 0.15) is 34.2 Å². The van der Waals surface area contributed by atoms with Crippen LogP contribution in [0.5, 0.6) is 0 Å². The monoisotopic (exact) mass is 269 g/mol. The summed E-state index contributed by atoms with van der Waals surface area (Å²) in [6.45, 7) is 0.821. The van der Waals surface area contributed by atoms with Gasteiger partial charge in [0.15, 0.2) is 0 Å². The molecule has 1 saturated carbocycles. The van der Waals surface area contributed by atoms with E-state index in [0.29, 0.717) is 6.42 Å². The Labute approximate surface area is 116 Å². The van der Waals surface area contributed by atoms with Crippen molar-refractivity contribution in [1.29, 1.82) is 5.26 Å². The van der Waals surface area contributed by atoms with Crippen LogP contribution in [0.2, 0.25) is 0 Å². The number of nitrogens with zero attached hydrogens (tertiary/aromatic N) is 2. The van der Waals surface area contributed by atoms with Crippen LogP contribution in [-0.2, 0) is 13.0 Å². The van der Waals surface area contributed by atoms with Crippen molar-refractivity contribution in [2.24, 2.45) is 0 Å². The predicted octanol–water partition coefficient (Wildman–Crippen LogP) is 3.70. The van der Waals surface area contributed by atoms with Gasteiger partial charge in [-0.2, -0.15) is 5.26 Å². The summed E-state index contributed by atoms with van der Waals surface area (Å²) in [5.41, 5.74) is 2.14. The number of rotatable bonds is 5. The molecule has 1 aromatic carbocycles. The summed E-state index contributed by atoms with van der Waals surface area (Å²) >= 11 is 1.82. The minimum Gasteiger partial charge on any atom is -0.380 e. The lowest BCUT2D eigenvalue weighted by Crippen LogP contribution is -1.97. The summed E-state index contributed by atoms with van der Waals surface area (Å²) in [6.07, 6.45) is 5.07. The highest BCUT2D eigenvalue weighted by atomic mass is 32.1. The van der Waals surface area contributed by atoms with E-state index in [1.54, 1.807) is 0 Å². The van der Waals surface area contributed by atoms with E-state index in [0.717, 1.165) is 23.7 Å². The van der Waals surface area contributed by atoms with E-state index >= 15 is 0 Å². The molecule has 1 aliphatic rings. The zero-order chi connectivity index (χ0) is 13.1. The average molecular weight is 269 g/mol. The van der Waals surface area contributed by atoms with E-state index in [9.17, 15) is 0 Å². The van der Waals surface area contributed by atoms with Crippen LogP contribution in [0.25, 0.3) is 0 Å².